The van der Waals surface area contributed by atoms with Crippen molar-refractivity contribution in [2.24, 2.45) is 5.92 Å². The molecule has 0 aliphatic heterocycles. The fourth-order valence-corrected chi connectivity index (χ4v) is 13.1. The summed E-state index contributed by atoms with van der Waals surface area (Å²) in [7, 11) is -9.92. The number of carbonyl (C=O) groups is 4. The summed E-state index contributed by atoms with van der Waals surface area (Å²) in [6.07, 6.45) is 63.4. The molecule has 0 aromatic carbocycles. The Morgan fingerprint density at radius 3 is 0.845 bits per heavy atom. The lowest BCUT2D eigenvalue weighted by Crippen LogP contribution is -2.30. The first-order valence-electron chi connectivity index (χ1n) is 40.0. The van der Waals surface area contributed by atoms with E-state index >= 15 is 0 Å². The highest BCUT2D eigenvalue weighted by molar-refractivity contribution is 7.47. The highest BCUT2D eigenvalue weighted by Gasteiger charge is 2.30. The van der Waals surface area contributed by atoms with E-state index < -0.39 is 97.5 Å². The van der Waals surface area contributed by atoms with Crippen LogP contribution >= 0.6 is 15.6 Å². The van der Waals surface area contributed by atoms with Crippen LogP contribution in [0, 0.1) is 5.92 Å². The summed E-state index contributed by atoms with van der Waals surface area (Å²) in [5, 5.41) is 10.6. The summed E-state index contributed by atoms with van der Waals surface area (Å²) >= 11 is 0. The van der Waals surface area contributed by atoms with E-state index in [0.717, 1.165) is 121 Å². The number of esters is 4. The van der Waals surface area contributed by atoms with Gasteiger partial charge >= 0.3 is 39.5 Å². The Morgan fingerprint density at radius 2 is 0.557 bits per heavy atom. The number of hydrogen-bond donors (Lipinski definition) is 3. The predicted molar refractivity (Wildman–Crippen MR) is 395 cm³/mol. The molecular formula is C78H148O17P2. The van der Waals surface area contributed by atoms with Crippen molar-refractivity contribution in [2.75, 3.05) is 39.6 Å². The zero-order valence-electron chi connectivity index (χ0n) is 62.7. The molecule has 0 aromatic rings. The molecule has 0 aliphatic rings. The van der Waals surface area contributed by atoms with Crippen LogP contribution in [0.3, 0.4) is 0 Å². The molecule has 0 rings (SSSR count). The van der Waals surface area contributed by atoms with Gasteiger partial charge in [0.1, 0.15) is 19.3 Å². The Bertz CT molecular complexity index is 1950. The first-order chi connectivity index (χ1) is 47.0. The third-order valence-corrected chi connectivity index (χ3v) is 19.6. The van der Waals surface area contributed by atoms with Gasteiger partial charge in [-0.2, -0.15) is 0 Å². The second kappa shape index (κ2) is 70.6. The predicted octanol–water partition coefficient (Wildman–Crippen LogP) is 22.8. The second-order valence-electron chi connectivity index (χ2n) is 27.9. The summed E-state index contributed by atoms with van der Waals surface area (Å²) in [5.74, 6) is -1.34. The van der Waals surface area contributed by atoms with Crippen LogP contribution in [0.2, 0.25) is 0 Å². The van der Waals surface area contributed by atoms with E-state index in [1.54, 1.807) is 0 Å². The van der Waals surface area contributed by atoms with Gasteiger partial charge in [-0.05, 0) is 57.3 Å². The summed E-state index contributed by atoms with van der Waals surface area (Å²) in [6.45, 7) is 7.23. The average molecular weight is 1420 g/mol. The van der Waals surface area contributed by atoms with Gasteiger partial charge in [-0.15, -0.1) is 0 Å². The molecule has 19 heteroatoms. The van der Waals surface area contributed by atoms with Crippen molar-refractivity contribution in [1.29, 1.82) is 0 Å². The maximum Gasteiger partial charge on any atom is 0.472 e. The third-order valence-electron chi connectivity index (χ3n) is 17.7. The molecule has 0 saturated heterocycles. The normalized spacial score (nSPS) is 14.1. The number of aliphatic hydroxyl groups excluding tert-OH is 1. The van der Waals surface area contributed by atoms with Crippen LogP contribution in [0.15, 0.2) is 24.3 Å². The molecule has 0 heterocycles. The minimum atomic E-state index is -4.96. The van der Waals surface area contributed by atoms with Crippen LogP contribution in [0.5, 0.6) is 0 Å². The zero-order valence-corrected chi connectivity index (χ0v) is 64.5. The van der Waals surface area contributed by atoms with E-state index in [0.29, 0.717) is 25.7 Å². The van der Waals surface area contributed by atoms with Crippen molar-refractivity contribution in [3.63, 3.8) is 0 Å². The van der Waals surface area contributed by atoms with Crippen LogP contribution in [0.4, 0.5) is 0 Å². The summed E-state index contributed by atoms with van der Waals surface area (Å²) in [5.41, 5.74) is 0. The molecule has 5 atom stereocenters. The van der Waals surface area contributed by atoms with Crippen LogP contribution in [0.1, 0.15) is 388 Å². The first kappa shape index (κ1) is 94.5. The van der Waals surface area contributed by atoms with Crippen LogP contribution in [-0.2, 0) is 65.4 Å². The number of ether oxygens (including phenoxy) is 4. The Kier molecular flexibility index (Phi) is 68.8. The van der Waals surface area contributed by atoms with Crippen molar-refractivity contribution < 1.29 is 80.2 Å². The van der Waals surface area contributed by atoms with Gasteiger partial charge in [-0.25, -0.2) is 9.13 Å². The van der Waals surface area contributed by atoms with Crippen molar-refractivity contribution in [3.05, 3.63) is 24.3 Å². The largest absolute Gasteiger partial charge is 0.472 e. The monoisotopic (exact) mass is 1420 g/mol. The quantitative estimate of drug-likeness (QED) is 0.0169. The van der Waals surface area contributed by atoms with Crippen LogP contribution in [0.25, 0.3) is 0 Å². The minimum Gasteiger partial charge on any atom is -0.462 e. The lowest BCUT2D eigenvalue weighted by Gasteiger charge is -2.21. The van der Waals surface area contributed by atoms with Gasteiger partial charge in [0.2, 0.25) is 0 Å². The number of hydrogen-bond acceptors (Lipinski definition) is 15. The molecule has 3 N–H and O–H groups in total. The van der Waals surface area contributed by atoms with Crippen LogP contribution < -0.4 is 0 Å². The second-order valence-corrected chi connectivity index (χ2v) is 30.8. The zero-order chi connectivity index (χ0) is 71.2. The van der Waals surface area contributed by atoms with Gasteiger partial charge in [0, 0.05) is 25.7 Å². The first-order valence-corrected chi connectivity index (χ1v) is 42.9. The summed E-state index contributed by atoms with van der Waals surface area (Å²) in [6, 6.07) is 0. The molecule has 97 heavy (non-hydrogen) atoms. The smallest absolute Gasteiger partial charge is 0.462 e. The van der Waals surface area contributed by atoms with Crippen LogP contribution in [-0.4, -0.2) is 96.7 Å². The topological polar surface area (TPSA) is 237 Å². The van der Waals surface area contributed by atoms with E-state index in [9.17, 15) is 43.2 Å². The molecule has 0 aromatic heterocycles. The van der Waals surface area contributed by atoms with Crippen molar-refractivity contribution in [2.45, 2.75) is 406 Å². The number of unbranched alkanes of at least 4 members (excludes halogenated alkanes) is 45. The maximum absolute atomic E-state index is 13.1. The van der Waals surface area contributed by atoms with Crippen molar-refractivity contribution in [1.82, 2.24) is 0 Å². The molecule has 0 saturated carbocycles. The van der Waals surface area contributed by atoms with E-state index in [1.165, 1.54) is 186 Å². The number of allylic oxidation sites excluding steroid dienone is 4. The number of aliphatic hydroxyl groups is 1. The van der Waals surface area contributed by atoms with Gasteiger partial charge in [0.15, 0.2) is 12.2 Å². The lowest BCUT2D eigenvalue weighted by molar-refractivity contribution is -0.161. The average Bonchev–Trinajstić information content (AvgIpc) is 1.58. The molecule has 0 radical (unpaired) electrons. The fourth-order valence-electron chi connectivity index (χ4n) is 11.5. The molecule has 0 bridgehead atoms. The SMILES string of the molecule is CCCCCC/C=C\C=C/CCCCCCCC(=O)O[C@H](COC(=O)CCCCCCCCC)COP(=O)(O)OC[C@H](O)COP(=O)(O)OC[C@@H](COC(=O)CCCCCCCCCCCCCCCCCCC)OC(=O)CCCCCCCCCCCCCCCCCC(C)C. The van der Waals surface area contributed by atoms with Gasteiger partial charge < -0.3 is 33.8 Å². The standard InChI is InChI=1S/C78H148O17P2/c1-6-9-12-15-18-20-22-24-26-27-31-34-38-42-47-52-57-62-76(81)89-68-74(95-78(83)64-59-54-49-44-40-36-32-28-30-33-37-41-46-50-55-60-71(4)5)70-93-97(86,87)91-66-72(79)65-90-96(84,85)92-69-73(67-88-75(80)61-56-51-45-17-14-11-8-3)94-77(82)63-58-53-48-43-39-35-29-25-23-21-19-16-13-10-7-2/h21,23,25,29,71-74,79H,6-20,22,24,26-28,30-70H2,1-5H3,(H,84,85)(H,86,87)/b23-21-,29-25-/t72-,73+,74+/m0/s1. The van der Waals surface area contributed by atoms with Crippen molar-refractivity contribution in [3.8, 4) is 0 Å². The molecular weight excluding hydrogens is 1270 g/mol. The summed E-state index contributed by atoms with van der Waals surface area (Å²) < 4.78 is 68.4. The molecule has 572 valence electrons. The minimum absolute atomic E-state index is 0.0850. The van der Waals surface area contributed by atoms with Gasteiger partial charge in [-0.1, -0.05) is 335 Å². The van der Waals surface area contributed by atoms with E-state index in [-0.39, 0.29) is 25.7 Å². The molecule has 0 spiro atoms. The van der Waals surface area contributed by atoms with Gasteiger partial charge in [0.25, 0.3) is 0 Å². The number of rotatable bonds is 76. The lowest BCUT2D eigenvalue weighted by atomic mass is 10.0. The fraction of sp³-hybridized carbons (Fsp3) is 0.897. The molecule has 0 fully saturated rings. The molecule has 17 nitrogen and oxygen atoms in total. The summed E-state index contributed by atoms with van der Waals surface area (Å²) in [4.78, 5) is 72.7. The highest BCUT2D eigenvalue weighted by Crippen LogP contribution is 2.45. The van der Waals surface area contributed by atoms with Gasteiger partial charge in [0.05, 0.1) is 26.4 Å². The molecule has 2 unspecified atom stereocenters. The number of phosphoric acid groups is 2. The maximum atomic E-state index is 13.1. The Hall–Kier alpha value is -2.46. The molecule has 0 amide bonds. The highest BCUT2D eigenvalue weighted by atomic mass is 31.2. The number of phosphoric ester groups is 2. The Balaban J connectivity index is 5.22. The van der Waals surface area contributed by atoms with Crippen molar-refractivity contribution >= 4 is 39.5 Å². The Labute approximate surface area is 592 Å². The third kappa shape index (κ3) is 71.7. The van der Waals surface area contributed by atoms with Gasteiger partial charge in [-0.3, -0.25) is 37.3 Å². The Morgan fingerprint density at radius 1 is 0.320 bits per heavy atom. The van der Waals surface area contributed by atoms with E-state index in [1.807, 2.05) is 0 Å². The number of carbonyl (C=O) groups excluding carboxylic acids is 4. The van der Waals surface area contributed by atoms with E-state index in [2.05, 4.69) is 58.9 Å². The molecule has 0 aliphatic carbocycles. The van der Waals surface area contributed by atoms with E-state index in [4.69, 9.17) is 37.0 Å².